The van der Waals surface area contributed by atoms with Crippen molar-refractivity contribution in [2.24, 2.45) is 10.9 Å². The molecular weight excluding hydrogens is 366 g/mol. The van der Waals surface area contributed by atoms with Crippen LogP contribution in [0.1, 0.15) is 33.3 Å². The molecular formula is C23H25N3O3. The number of amides is 1. The molecule has 3 heterocycles. The fourth-order valence-corrected chi connectivity index (χ4v) is 3.80. The second kappa shape index (κ2) is 7.35. The molecule has 2 aliphatic rings. The smallest absolute Gasteiger partial charge is 0.270 e. The predicted molar refractivity (Wildman–Crippen MR) is 112 cm³/mol. The lowest BCUT2D eigenvalue weighted by molar-refractivity contribution is -0.119. The molecule has 0 fully saturated rings. The van der Waals surface area contributed by atoms with Crippen molar-refractivity contribution < 1.29 is 14.3 Å². The van der Waals surface area contributed by atoms with Crippen molar-refractivity contribution >= 4 is 17.4 Å². The molecule has 2 aromatic rings. The van der Waals surface area contributed by atoms with E-state index in [4.69, 9.17) is 9.47 Å². The molecule has 6 heteroatoms. The van der Waals surface area contributed by atoms with Gasteiger partial charge in [0, 0.05) is 29.8 Å². The SMILES string of the molecule is CC1=CC(C)C(N(C(=O)COc2cccc3c2OC(C)(C)C3)c2cccnc2)=N1. The summed E-state index contributed by atoms with van der Waals surface area (Å²) in [6, 6.07) is 9.45. The number of aliphatic imine (C=N–C) groups is 1. The highest BCUT2D eigenvalue weighted by molar-refractivity contribution is 6.19. The Labute approximate surface area is 170 Å². The molecule has 0 radical (unpaired) electrons. The molecule has 0 saturated heterocycles. The fourth-order valence-electron chi connectivity index (χ4n) is 3.80. The van der Waals surface area contributed by atoms with Crippen molar-refractivity contribution in [3.05, 3.63) is 60.1 Å². The Morgan fingerprint density at radius 3 is 2.83 bits per heavy atom. The van der Waals surface area contributed by atoms with E-state index in [2.05, 4.69) is 9.98 Å². The third kappa shape index (κ3) is 3.88. The van der Waals surface area contributed by atoms with Crippen molar-refractivity contribution in [3.8, 4) is 11.5 Å². The van der Waals surface area contributed by atoms with Crippen LogP contribution in [-0.2, 0) is 11.2 Å². The molecule has 1 amide bonds. The van der Waals surface area contributed by atoms with Gasteiger partial charge in [0.1, 0.15) is 11.4 Å². The van der Waals surface area contributed by atoms with Crippen molar-refractivity contribution in [2.45, 2.75) is 39.7 Å². The van der Waals surface area contributed by atoms with Gasteiger partial charge in [-0.3, -0.25) is 14.7 Å². The zero-order valence-electron chi connectivity index (χ0n) is 17.2. The van der Waals surface area contributed by atoms with Crippen LogP contribution in [0.4, 0.5) is 5.69 Å². The monoisotopic (exact) mass is 391 g/mol. The molecule has 150 valence electrons. The van der Waals surface area contributed by atoms with E-state index < -0.39 is 0 Å². The number of ether oxygens (including phenoxy) is 2. The van der Waals surface area contributed by atoms with E-state index in [1.54, 1.807) is 23.4 Å². The number of anilines is 1. The van der Waals surface area contributed by atoms with Crippen LogP contribution in [-0.4, -0.2) is 28.9 Å². The minimum absolute atomic E-state index is 0.0317. The molecule has 0 N–H and O–H groups in total. The summed E-state index contributed by atoms with van der Waals surface area (Å²) in [6.45, 7) is 7.91. The first-order valence-electron chi connectivity index (χ1n) is 9.78. The highest BCUT2D eigenvalue weighted by Gasteiger charge is 2.33. The number of pyridine rings is 1. The minimum atomic E-state index is -0.273. The standard InChI is InChI=1S/C23H25N3O3/c1-15-11-16(2)25-22(15)26(18-8-6-10-24-13-18)20(27)14-28-19-9-5-7-17-12-23(3,4)29-21(17)19/h5-11,13,15H,12,14H2,1-4H3. The van der Waals surface area contributed by atoms with Crippen LogP contribution in [0.2, 0.25) is 0 Å². The number of benzene rings is 1. The van der Waals surface area contributed by atoms with Crippen LogP contribution in [0.3, 0.4) is 0 Å². The number of amidine groups is 1. The molecule has 4 rings (SSSR count). The summed E-state index contributed by atoms with van der Waals surface area (Å²) in [5, 5.41) is 0. The van der Waals surface area contributed by atoms with Crippen molar-refractivity contribution in [3.63, 3.8) is 0 Å². The number of hydrogen-bond acceptors (Lipinski definition) is 5. The topological polar surface area (TPSA) is 64.0 Å². The largest absolute Gasteiger partial charge is 0.483 e. The summed E-state index contributed by atoms with van der Waals surface area (Å²) in [4.78, 5) is 23.5. The number of nitrogens with zero attached hydrogens (tertiary/aromatic N) is 3. The Balaban J connectivity index is 1.57. The van der Waals surface area contributed by atoms with Crippen LogP contribution in [0.25, 0.3) is 0 Å². The van der Waals surface area contributed by atoms with E-state index in [9.17, 15) is 4.79 Å². The van der Waals surface area contributed by atoms with Gasteiger partial charge >= 0.3 is 0 Å². The molecule has 0 saturated carbocycles. The van der Waals surface area contributed by atoms with Gasteiger partial charge in [-0.1, -0.05) is 25.1 Å². The van der Waals surface area contributed by atoms with Gasteiger partial charge in [-0.15, -0.1) is 0 Å². The van der Waals surface area contributed by atoms with Gasteiger partial charge in [-0.2, -0.15) is 0 Å². The van der Waals surface area contributed by atoms with E-state index in [-0.39, 0.29) is 24.0 Å². The van der Waals surface area contributed by atoms with Crippen molar-refractivity contribution in [2.75, 3.05) is 11.5 Å². The quantitative estimate of drug-likeness (QED) is 0.785. The Morgan fingerprint density at radius 1 is 1.31 bits per heavy atom. The maximum Gasteiger partial charge on any atom is 0.270 e. The summed E-state index contributed by atoms with van der Waals surface area (Å²) in [5.74, 6) is 1.82. The first-order valence-corrected chi connectivity index (χ1v) is 9.78. The summed E-state index contributed by atoms with van der Waals surface area (Å²) in [7, 11) is 0. The van der Waals surface area contributed by atoms with Crippen LogP contribution >= 0.6 is 0 Å². The van der Waals surface area contributed by atoms with E-state index in [0.29, 0.717) is 17.3 Å². The van der Waals surface area contributed by atoms with E-state index in [0.717, 1.165) is 23.4 Å². The normalized spacial score (nSPS) is 19.1. The number of allylic oxidation sites excluding steroid dienone is 1. The lowest BCUT2D eigenvalue weighted by atomic mass is 10.0. The van der Waals surface area contributed by atoms with E-state index >= 15 is 0 Å². The van der Waals surface area contributed by atoms with Gasteiger partial charge in [0.05, 0.1) is 11.9 Å². The number of aromatic nitrogens is 1. The maximum atomic E-state index is 13.2. The molecule has 1 aromatic heterocycles. The molecule has 0 aliphatic carbocycles. The van der Waals surface area contributed by atoms with Crippen molar-refractivity contribution in [1.29, 1.82) is 0 Å². The second-order valence-electron chi connectivity index (χ2n) is 8.08. The number of para-hydroxylation sites is 1. The number of rotatable bonds is 4. The van der Waals surface area contributed by atoms with Gasteiger partial charge in [0.15, 0.2) is 18.1 Å². The molecule has 1 atom stereocenters. The van der Waals surface area contributed by atoms with E-state index in [1.165, 1.54) is 0 Å². The zero-order valence-corrected chi connectivity index (χ0v) is 17.2. The minimum Gasteiger partial charge on any atom is -0.483 e. The maximum absolute atomic E-state index is 13.2. The molecule has 29 heavy (non-hydrogen) atoms. The average Bonchev–Trinajstić information content (AvgIpc) is 3.18. The Bertz CT molecular complexity index is 996. The fraction of sp³-hybridized carbons (Fsp3) is 0.348. The summed E-state index contributed by atoms with van der Waals surface area (Å²) < 4.78 is 12.0. The molecule has 6 nitrogen and oxygen atoms in total. The summed E-state index contributed by atoms with van der Waals surface area (Å²) in [6.07, 6.45) is 6.19. The van der Waals surface area contributed by atoms with Crippen LogP contribution in [0, 0.1) is 5.92 Å². The molecule has 0 bridgehead atoms. The van der Waals surface area contributed by atoms with Crippen LogP contribution in [0.15, 0.2) is 59.5 Å². The van der Waals surface area contributed by atoms with Crippen LogP contribution < -0.4 is 14.4 Å². The predicted octanol–water partition coefficient (Wildman–Crippen LogP) is 4.16. The van der Waals surface area contributed by atoms with Gasteiger partial charge in [-0.25, -0.2) is 4.99 Å². The second-order valence-corrected chi connectivity index (χ2v) is 8.08. The number of carbonyl (C=O) groups excluding carboxylic acids is 1. The van der Waals surface area contributed by atoms with Gasteiger partial charge in [0.2, 0.25) is 0 Å². The highest BCUT2D eigenvalue weighted by atomic mass is 16.5. The molecule has 2 aliphatic heterocycles. The van der Waals surface area contributed by atoms with E-state index in [1.807, 2.05) is 58.0 Å². The third-order valence-electron chi connectivity index (χ3n) is 4.98. The Morgan fingerprint density at radius 2 is 2.14 bits per heavy atom. The lowest BCUT2D eigenvalue weighted by Crippen LogP contribution is -2.42. The first kappa shape index (κ1) is 19.2. The van der Waals surface area contributed by atoms with Crippen LogP contribution in [0.5, 0.6) is 11.5 Å². The van der Waals surface area contributed by atoms with Crippen molar-refractivity contribution in [1.82, 2.24) is 4.98 Å². The number of carbonyl (C=O) groups is 1. The van der Waals surface area contributed by atoms with Gasteiger partial charge < -0.3 is 9.47 Å². The zero-order chi connectivity index (χ0) is 20.6. The highest BCUT2D eigenvalue weighted by Crippen LogP contribution is 2.41. The lowest BCUT2D eigenvalue weighted by Gasteiger charge is -2.25. The molecule has 1 aromatic carbocycles. The summed E-state index contributed by atoms with van der Waals surface area (Å²) in [5.41, 5.74) is 2.39. The third-order valence-corrected chi connectivity index (χ3v) is 4.98. The first-order chi connectivity index (χ1) is 13.8. The Kier molecular flexibility index (Phi) is 4.86. The summed E-state index contributed by atoms with van der Waals surface area (Å²) >= 11 is 0. The Hall–Kier alpha value is -3.15. The van der Waals surface area contributed by atoms with Gasteiger partial charge in [-0.05, 0) is 39.0 Å². The number of hydrogen-bond donors (Lipinski definition) is 0. The number of fused-ring (bicyclic) bond motifs is 1. The molecule has 0 spiro atoms. The average molecular weight is 391 g/mol. The molecule has 1 unspecified atom stereocenters. The van der Waals surface area contributed by atoms with Gasteiger partial charge in [0.25, 0.3) is 5.91 Å².